The highest BCUT2D eigenvalue weighted by Crippen LogP contribution is 2.16. The van der Waals surface area contributed by atoms with Gasteiger partial charge in [-0.2, -0.15) is 0 Å². The first-order valence-electron chi connectivity index (χ1n) is 5.12. The van der Waals surface area contributed by atoms with E-state index in [9.17, 15) is 0 Å². The summed E-state index contributed by atoms with van der Waals surface area (Å²) in [5, 5.41) is 8.48. The average Bonchev–Trinajstić information content (AvgIpc) is 2.73. The maximum atomic E-state index is 5.78. The number of hydrogen-bond donors (Lipinski definition) is 2. The van der Waals surface area contributed by atoms with Crippen LogP contribution >= 0.6 is 11.6 Å². The standard InChI is InChI=1S/C10H13ClN6/c1-17-6-8(15-16-17)4-10(14-12)9-3-2-7(11)5-13-9/h2-3,5-6,10,14H,4,12H2,1H3. The first kappa shape index (κ1) is 12.0. The molecule has 0 spiro atoms. The minimum absolute atomic E-state index is 0.107. The fraction of sp³-hybridized carbons (Fsp3) is 0.300. The molecule has 7 heteroatoms. The lowest BCUT2D eigenvalue weighted by atomic mass is 10.1. The number of nitrogens with two attached hydrogens (primary N) is 1. The molecule has 3 N–H and O–H groups in total. The molecule has 0 aromatic carbocycles. The number of aromatic nitrogens is 4. The lowest BCUT2D eigenvalue weighted by molar-refractivity contribution is 0.532. The Kier molecular flexibility index (Phi) is 3.68. The first-order chi connectivity index (χ1) is 8.19. The molecule has 0 aliphatic rings. The highest BCUT2D eigenvalue weighted by atomic mass is 35.5. The van der Waals surface area contributed by atoms with Gasteiger partial charge in [0.1, 0.15) is 0 Å². The quantitative estimate of drug-likeness (QED) is 0.616. The molecule has 17 heavy (non-hydrogen) atoms. The molecule has 6 nitrogen and oxygen atoms in total. The van der Waals surface area contributed by atoms with Gasteiger partial charge in [0.2, 0.25) is 0 Å². The molecule has 0 bridgehead atoms. The number of hydrogen-bond acceptors (Lipinski definition) is 5. The van der Waals surface area contributed by atoms with E-state index in [0.717, 1.165) is 11.4 Å². The molecule has 0 aliphatic heterocycles. The fourth-order valence-corrected chi connectivity index (χ4v) is 1.65. The van der Waals surface area contributed by atoms with Crippen LogP contribution in [0.25, 0.3) is 0 Å². The van der Waals surface area contributed by atoms with Crippen LogP contribution in [0.4, 0.5) is 0 Å². The first-order valence-corrected chi connectivity index (χ1v) is 5.49. The third-order valence-corrected chi connectivity index (χ3v) is 2.60. The summed E-state index contributed by atoms with van der Waals surface area (Å²) >= 11 is 5.78. The molecule has 0 amide bonds. The van der Waals surface area contributed by atoms with E-state index in [2.05, 4.69) is 20.7 Å². The van der Waals surface area contributed by atoms with Crippen LogP contribution in [0.2, 0.25) is 5.02 Å². The molecule has 2 aromatic heterocycles. The molecular weight excluding hydrogens is 240 g/mol. The number of nitrogens with zero attached hydrogens (tertiary/aromatic N) is 4. The van der Waals surface area contributed by atoms with Crippen LogP contribution in [-0.2, 0) is 13.5 Å². The van der Waals surface area contributed by atoms with E-state index in [0.29, 0.717) is 11.4 Å². The van der Waals surface area contributed by atoms with Gasteiger partial charge in [-0.3, -0.25) is 20.9 Å². The van der Waals surface area contributed by atoms with Crippen LogP contribution in [0.1, 0.15) is 17.4 Å². The zero-order valence-electron chi connectivity index (χ0n) is 9.34. The van der Waals surface area contributed by atoms with Gasteiger partial charge in [0, 0.05) is 25.9 Å². The van der Waals surface area contributed by atoms with Crippen LogP contribution in [0.3, 0.4) is 0 Å². The molecule has 0 fully saturated rings. The normalized spacial score (nSPS) is 12.6. The Balaban J connectivity index is 2.13. The zero-order chi connectivity index (χ0) is 12.3. The Bertz CT molecular complexity index is 480. The van der Waals surface area contributed by atoms with E-state index in [1.807, 2.05) is 19.3 Å². The third kappa shape index (κ3) is 3.00. The van der Waals surface area contributed by atoms with Crippen LogP contribution in [-0.4, -0.2) is 20.0 Å². The molecule has 2 aromatic rings. The maximum Gasteiger partial charge on any atom is 0.0847 e. The minimum Gasteiger partial charge on any atom is -0.271 e. The number of aryl methyl sites for hydroxylation is 1. The van der Waals surface area contributed by atoms with E-state index in [-0.39, 0.29) is 6.04 Å². The van der Waals surface area contributed by atoms with E-state index >= 15 is 0 Å². The summed E-state index contributed by atoms with van der Waals surface area (Å²) in [4.78, 5) is 4.22. The summed E-state index contributed by atoms with van der Waals surface area (Å²) < 4.78 is 1.65. The topological polar surface area (TPSA) is 81.7 Å². The van der Waals surface area contributed by atoms with Gasteiger partial charge < -0.3 is 0 Å². The summed E-state index contributed by atoms with van der Waals surface area (Å²) in [6.07, 6.45) is 4.07. The fourth-order valence-electron chi connectivity index (χ4n) is 1.54. The van der Waals surface area contributed by atoms with Crippen molar-refractivity contribution < 1.29 is 0 Å². The molecule has 0 aliphatic carbocycles. The molecule has 2 heterocycles. The van der Waals surface area contributed by atoms with Crippen molar-refractivity contribution in [2.24, 2.45) is 12.9 Å². The molecule has 1 atom stereocenters. The second-order valence-corrected chi connectivity index (χ2v) is 4.14. The zero-order valence-corrected chi connectivity index (χ0v) is 10.1. The van der Waals surface area contributed by atoms with Crippen molar-refractivity contribution >= 4 is 11.6 Å². The van der Waals surface area contributed by atoms with Crippen molar-refractivity contribution in [3.05, 3.63) is 40.9 Å². The minimum atomic E-state index is -0.107. The van der Waals surface area contributed by atoms with E-state index in [1.165, 1.54) is 0 Å². The summed E-state index contributed by atoms with van der Waals surface area (Å²) in [6.45, 7) is 0. The van der Waals surface area contributed by atoms with Crippen molar-refractivity contribution in [2.75, 3.05) is 0 Å². The van der Waals surface area contributed by atoms with Gasteiger partial charge in [0.25, 0.3) is 0 Å². The van der Waals surface area contributed by atoms with Crippen molar-refractivity contribution in [3.8, 4) is 0 Å². The van der Waals surface area contributed by atoms with Crippen molar-refractivity contribution in [3.63, 3.8) is 0 Å². The summed E-state index contributed by atoms with van der Waals surface area (Å²) in [7, 11) is 1.82. The van der Waals surface area contributed by atoms with Gasteiger partial charge in [0.05, 0.1) is 22.5 Å². The molecule has 0 saturated carbocycles. The smallest absolute Gasteiger partial charge is 0.0847 e. The van der Waals surface area contributed by atoms with Crippen LogP contribution in [0.5, 0.6) is 0 Å². The number of nitrogens with one attached hydrogen (secondary N) is 1. The average molecular weight is 253 g/mol. The molecule has 1 unspecified atom stereocenters. The van der Waals surface area contributed by atoms with Crippen LogP contribution in [0.15, 0.2) is 24.5 Å². The second kappa shape index (κ2) is 5.22. The van der Waals surface area contributed by atoms with E-state index < -0.39 is 0 Å². The number of rotatable bonds is 4. The lowest BCUT2D eigenvalue weighted by Gasteiger charge is -2.13. The largest absolute Gasteiger partial charge is 0.271 e. The van der Waals surface area contributed by atoms with E-state index in [1.54, 1.807) is 16.9 Å². The highest BCUT2D eigenvalue weighted by molar-refractivity contribution is 6.30. The Morgan fingerprint density at radius 1 is 1.53 bits per heavy atom. The Morgan fingerprint density at radius 2 is 2.35 bits per heavy atom. The molecule has 90 valence electrons. The lowest BCUT2D eigenvalue weighted by Crippen LogP contribution is -2.30. The number of pyridine rings is 1. The van der Waals surface area contributed by atoms with Gasteiger partial charge in [-0.05, 0) is 12.1 Å². The van der Waals surface area contributed by atoms with Gasteiger partial charge in [-0.1, -0.05) is 16.8 Å². The molecule has 2 rings (SSSR count). The van der Waals surface area contributed by atoms with Gasteiger partial charge in [-0.15, -0.1) is 5.10 Å². The molecular formula is C10H13ClN6. The van der Waals surface area contributed by atoms with Gasteiger partial charge in [0.15, 0.2) is 0 Å². The van der Waals surface area contributed by atoms with Crippen molar-refractivity contribution in [1.82, 2.24) is 25.4 Å². The van der Waals surface area contributed by atoms with Crippen LogP contribution in [0, 0.1) is 0 Å². The van der Waals surface area contributed by atoms with Gasteiger partial charge >= 0.3 is 0 Å². The van der Waals surface area contributed by atoms with Gasteiger partial charge in [-0.25, -0.2) is 0 Å². The van der Waals surface area contributed by atoms with Crippen molar-refractivity contribution in [1.29, 1.82) is 0 Å². The van der Waals surface area contributed by atoms with Crippen molar-refractivity contribution in [2.45, 2.75) is 12.5 Å². The Hall–Kier alpha value is -1.50. The summed E-state index contributed by atoms with van der Waals surface area (Å²) in [6, 6.07) is 3.51. The molecule has 0 saturated heterocycles. The summed E-state index contributed by atoms with van der Waals surface area (Å²) in [5.74, 6) is 5.52. The second-order valence-electron chi connectivity index (χ2n) is 3.71. The Morgan fingerprint density at radius 3 is 2.88 bits per heavy atom. The predicted octanol–water partition coefficient (Wildman–Crippen LogP) is 0.611. The highest BCUT2D eigenvalue weighted by Gasteiger charge is 2.13. The SMILES string of the molecule is Cn1cc(CC(NN)c2ccc(Cl)cn2)nn1. The monoisotopic (exact) mass is 252 g/mol. The number of hydrazine groups is 1. The Labute approximate surface area is 104 Å². The van der Waals surface area contributed by atoms with E-state index in [4.69, 9.17) is 17.4 Å². The predicted molar refractivity (Wildman–Crippen MR) is 64.0 cm³/mol. The third-order valence-electron chi connectivity index (χ3n) is 2.37. The maximum absolute atomic E-state index is 5.78. The van der Waals surface area contributed by atoms with Crippen LogP contribution < -0.4 is 11.3 Å². The summed E-state index contributed by atoms with van der Waals surface area (Å²) in [5.41, 5.74) is 4.39. The molecule has 0 radical (unpaired) electrons. The number of halogens is 1.